The maximum Gasteiger partial charge on any atom is 0.330 e. The molecule has 0 bridgehead atoms. The Hall–Kier alpha value is -3.07. The Bertz CT molecular complexity index is 1040. The molecule has 0 radical (unpaired) electrons. The maximum atomic E-state index is 13.0. The fourth-order valence-electron chi connectivity index (χ4n) is 2.88. The number of aromatic amines is 1. The van der Waals surface area contributed by atoms with Crippen molar-refractivity contribution in [1.82, 2.24) is 9.55 Å². The van der Waals surface area contributed by atoms with Gasteiger partial charge in [0.1, 0.15) is 11.6 Å². The molecule has 0 spiro atoms. The van der Waals surface area contributed by atoms with Crippen molar-refractivity contribution < 1.29 is 9.21 Å². The summed E-state index contributed by atoms with van der Waals surface area (Å²) in [6.45, 7) is 2.39. The minimum atomic E-state index is -0.693. The third-order valence-corrected chi connectivity index (χ3v) is 5.20. The summed E-state index contributed by atoms with van der Waals surface area (Å²) >= 11 is 1.45. The normalized spacial score (nSPS) is 10.9. The van der Waals surface area contributed by atoms with Gasteiger partial charge in [0.05, 0.1) is 19.2 Å². The Morgan fingerprint density at radius 2 is 2.14 bits per heavy atom. The smallest absolute Gasteiger partial charge is 0.330 e. The van der Waals surface area contributed by atoms with E-state index in [2.05, 4.69) is 4.98 Å². The predicted octanol–water partition coefficient (Wildman–Crippen LogP) is 2.35. The van der Waals surface area contributed by atoms with Crippen LogP contribution in [0, 0.1) is 0 Å². The highest BCUT2D eigenvalue weighted by atomic mass is 32.1. The first-order valence-corrected chi connectivity index (χ1v) is 9.87. The Kier molecular flexibility index (Phi) is 6.15. The second-order valence-electron chi connectivity index (χ2n) is 6.31. The molecule has 3 N–H and O–H groups in total. The van der Waals surface area contributed by atoms with Crippen molar-refractivity contribution >= 4 is 28.7 Å². The summed E-state index contributed by atoms with van der Waals surface area (Å²) in [6, 6.07) is 7.12. The Morgan fingerprint density at radius 1 is 1.32 bits per heavy atom. The van der Waals surface area contributed by atoms with Crippen molar-refractivity contribution in [2.45, 2.75) is 39.3 Å². The Balaban J connectivity index is 2.05. The van der Waals surface area contributed by atoms with Gasteiger partial charge in [0.15, 0.2) is 5.69 Å². The van der Waals surface area contributed by atoms with Gasteiger partial charge in [-0.25, -0.2) is 4.79 Å². The first-order chi connectivity index (χ1) is 13.5. The minimum absolute atomic E-state index is 0.0201. The van der Waals surface area contributed by atoms with Crippen molar-refractivity contribution in [2.24, 2.45) is 0 Å². The molecule has 28 heavy (non-hydrogen) atoms. The van der Waals surface area contributed by atoms with Gasteiger partial charge >= 0.3 is 5.69 Å². The lowest BCUT2D eigenvalue weighted by molar-refractivity contribution is -0.118. The largest absolute Gasteiger partial charge is 0.467 e. The predicted molar refractivity (Wildman–Crippen MR) is 109 cm³/mol. The number of furan rings is 1. The van der Waals surface area contributed by atoms with Crippen LogP contribution in [0.5, 0.6) is 0 Å². The average molecular weight is 402 g/mol. The topological polar surface area (TPSA) is 114 Å². The van der Waals surface area contributed by atoms with E-state index in [9.17, 15) is 14.4 Å². The summed E-state index contributed by atoms with van der Waals surface area (Å²) in [5.41, 5.74) is 4.88. The van der Waals surface area contributed by atoms with Gasteiger partial charge in [0, 0.05) is 11.4 Å². The third-order valence-electron chi connectivity index (χ3n) is 4.32. The van der Waals surface area contributed by atoms with Gasteiger partial charge in [-0.2, -0.15) is 0 Å². The second kappa shape index (κ2) is 8.75. The van der Waals surface area contributed by atoms with E-state index in [1.807, 2.05) is 24.4 Å². The first kappa shape index (κ1) is 19.7. The third kappa shape index (κ3) is 4.25. The van der Waals surface area contributed by atoms with Crippen LogP contribution in [0.25, 0.3) is 0 Å². The van der Waals surface area contributed by atoms with Gasteiger partial charge in [-0.3, -0.25) is 24.0 Å². The number of aromatic nitrogens is 2. The number of amides is 1. The van der Waals surface area contributed by atoms with E-state index >= 15 is 0 Å². The number of carbonyl (C=O) groups is 1. The van der Waals surface area contributed by atoms with E-state index in [4.69, 9.17) is 10.2 Å². The summed E-state index contributed by atoms with van der Waals surface area (Å²) in [4.78, 5) is 42.3. The van der Waals surface area contributed by atoms with Crippen LogP contribution >= 0.6 is 11.3 Å². The number of nitrogens with one attached hydrogen (secondary N) is 1. The standard InChI is InChI=1S/C19H22N4O4S/c1-2-3-8-22-17(20)16(18(25)21-19(22)26)23(12-13-6-4-9-27-13)15(24)11-14-7-5-10-28-14/h4-7,9-10H,2-3,8,11-12,20H2,1H3,(H,21,25,26). The lowest BCUT2D eigenvalue weighted by Gasteiger charge is -2.23. The summed E-state index contributed by atoms with van der Waals surface area (Å²) in [7, 11) is 0. The summed E-state index contributed by atoms with van der Waals surface area (Å²) < 4.78 is 6.66. The van der Waals surface area contributed by atoms with E-state index in [1.54, 1.807) is 12.1 Å². The fraction of sp³-hybridized carbons (Fsp3) is 0.316. The fourth-order valence-corrected chi connectivity index (χ4v) is 3.58. The number of nitrogens with two attached hydrogens (primary N) is 1. The van der Waals surface area contributed by atoms with Crippen LogP contribution in [0.2, 0.25) is 0 Å². The van der Waals surface area contributed by atoms with Gasteiger partial charge in [-0.05, 0) is 30.0 Å². The molecule has 3 heterocycles. The minimum Gasteiger partial charge on any atom is -0.467 e. The second-order valence-corrected chi connectivity index (χ2v) is 7.35. The quantitative estimate of drug-likeness (QED) is 0.600. The molecular formula is C19H22N4O4S. The highest BCUT2D eigenvalue weighted by Gasteiger charge is 2.25. The highest BCUT2D eigenvalue weighted by molar-refractivity contribution is 7.10. The number of rotatable bonds is 8. The molecule has 0 aliphatic rings. The number of hydrogen-bond acceptors (Lipinski definition) is 6. The van der Waals surface area contributed by atoms with Crippen LogP contribution in [0.15, 0.2) is 49.9 Å². The molecule has 0 aromatic carbocycles. The highest BCUT2D eigenvalue weighted by Crippen LogP contribution is 2.22. The molecule has 0 saturated heterocycles. The van der Waals surface area contributed by atoms with Crippen LogP contribution in [0.1, 0.15) is 30.4 Å². The number of thiophene rings is 1. The average Bonchev–Trinajstić information content (AvgIpc) is 3.34. The van der Waals surface area contributed by atoms with Crippen LogP contribution in [0.3, 0.4) is 0 Å². The molecule has 3 aromatic rings. The number of anilines is 2. The molecule has 1 amide bonds. The number of nitrogen functional groups attached to an aromatic ring is 1. The molecule has 0 saturated carbocycles. The first-order valence-electron chi connectivity index (χ1n) is 8.99. The molecule has 0 unspecified atom stereocenters. The molecular weight excluding hydrogens is 380 g/mol. The molecule has 148 valence electrons. The molecule has 3 aromatic heterocycles. The van der Waals surface area contributed by atoms with Crippen LogP contribution in [-0.4, -0.2) is 15.5 Å². The Morgan fingerprint density at radius 3 is 2.79 bits per heavy atom. The molecule has 9 heteroatoms. The van der Waals surface area contributed by atoms with Crippen molar-refractivity contribution in [3.8, 4) is 0 Å². The zero-order chi connectivity index (χ0) is 20.1. The number of carbonyl (C=O) groups excluding carboxylic acids is 1. The van der Waals surface area contributed by atoms with Gasteiger partial charge in [0.2, 0.25) is 5.91 Å². The number of H-pyrrole nitrogens is 1. The molecule has 0 aliphatic heterocycles. The van der Waals surface area contributed by atoms with Crippen LogP contribution < -0.4 is 21.9 Å². The van der Waals surface area contributed by atoms with Crippen molar-refractivity contribution in [1.29, 1.82) is 0 Å². The maximum absolute atomic E-state index is 13.0. The molecule has 3 rings (SSSR count). The van der Waals surface area contributed by atoms with Crippen LogP contribution in [0.4, 0.5) is 11.5 Å². The lowest BCUT2D eigenvalue weighted by Crippen LogP contribution is -2.41. The van der Waals surface area contributed by atoms with Gasteiger partial charge in [-0.1, -0.05) is 19.4 Å². The van der Waals surface area contributed by atoms with E-state index in [1.165, 1.54) is 27.1 Å². The summed E-state index contributed by atoms with van der Waals surface area (Å²) in [5.74, 6) is 0.176. The summed E-state index contributed by atoms with van der Waals surface area (Å²) in [5, 5.41) is 1.88. The van der Waals surface area contributed by atoms with Crippen molar-refractivity contribution in [2.75, 3.05) is 10.6 Å². The zero-order valence-corrected chi connectivity index (χ0v) is 16.3. The molecule has 0 fully saturated rings. The van der Waals surface area contributed by atoms with Crippen molar-refractivity contribution in [3.63, 3.8) is 0 Å². The van der Waals surface area contributed by atoms with E-state index in [-0.39, 0.29) is 30.4 Å². The molecule has 0 atom stereocenters. The zero-order valence-electron chi connectivity index (χ0n) is 15.5. The molecule has 0 aliphatic carbocycles. The summed E-state index contributed by atoms with van der Waals surface area (Å²) in [6.07, 6.45) is 3.18. The lowest BCUT2D eigenvalue weighted by atomic mass is 10.2. The number of hydrogen-bond donors (Lipinski definition) is 2. The van der Waals surface area contributed by atoms with Gasteiger partial charge in [0.25, 0.3) is 5.56 Å². The van der Waals surface area contributed by atoms with E-state index < -0.39 is 11.2 Å². The number of nitrogens with zero attached hydrogens (tertiary/aromatic N) is 2. The SMILES string of the molecule is CCCCn1c(N)c(N(Cc2ccco2)C(=O)Cc2cccs2)c(=O)[nH]c1=O. The van der Waals surface area contributed by atoms with E-state index in [0.717, 1.165) is 17.7 Å². The van der Waals surface area contributed by atoms with Crippen molar-refractivity contribution in [3.05, 3.63) is 67.4 Å². The van der Waals surface area contributed by atoms with Gasteiger partial charge < -0.3 is 10.2 Å². The molecule has 8 nitrogen and oxygen atoms in total. The van der Waals surface area contributed by atoms with Crippen LogP contribution in [-0.2, 0) is 24.3 Å². The number of unbranched alkanes of at least 4 members (excludes halogenated alkanes) is 1. The van der Waals surface area contributed by atoms with E-state index in [0.29, 0.717) is 12.3 Å². The monoisotopic (exact) mass is 402 g/mol. The Labute approximate surface area is 165 Å². The van der Waals surface area contributed by atoms with Gasteiger partial charge in [-0.15, -0.1) is 11.3 Å².